The Bertz CT molecular complexity index is 132. The van der Waals surface area contributed by atoms with Crippen LogP contribution in [0.15, 0.2) is 0 Å². The van der Waals surface area contributed by atoms with Gasteiger partial charge in [0.1, 0.15) is 0 Å². The molecule has 0 fully saturated rings. The second kappa shape index (κ2) is 4.88. The zero-order chi connectivity index (χ0) is 10.7. The Morgan fingerprint density at radius 1 is 0.846 bits per heavy atom. The zero-order valence-corrected chi connectivity index (χ0v) is 13.0. The molecule has 0 saturated heterocycles. The second-order valence-corrected chi connectivity index (χ2v) is 16.7. The normalized spacial score (nSPS) is 13.8. The van der Waals surface area contributed by atoms with Crippen molar-refractivity contribution in [1.29, 1.82) is 0 Å². The van der Waals surface area contributed by atoms with Crippen LogP contribution in [-0.4, -0.2) is 25.9 Å². The molecule has 0 aliphatic carbocycles. The molecule has 0 aromatic rings. The molecular formula is C8H23O2Si3. The molecule has 5 heteroatoms. The standard InChI is InChI=1S/C8H23O2Si3/c1-8-11(9-12(2,3)4)10-13(5,6)7/h8H2,1-7H3. The van der Waals surface area contributed by atoms with Gasteiger partial charge in [0, 0.05) is 0 Å². The van der Waals surface area contributed by atoms with Crippen LogP contribution in [0.3, 0.4) is 0 Å². The Hall–Kier alpha value is 0.571. The molecule has 0 spiro atoms. The van der Waals surface area contributed by atoms with Crippen molar-refractivity contribution >= 4 is 25.9 Å². The maximum Gasteiger partial charge on any atom is 0.362 e. The van der Waals surface area contributed by atoms with Crippen LogP contribution in [-0.2, 0) is 8.23 Å². The van der Waals surface area contributed by atoms with Crippen LogP contribution in [0.1, 0.15) is 6.92 Å². The lowest BCUT2D eigenvalue weighted by atomic mass is 11.0. The van der Waals surface area contributed by atoms with E-state index in [1.807, 2.05) is 0 Å². The first-order valence-corrected chi connectivity index (χ1v) is 13.2. The van der Waals surface area contributed by atoms with Crippen LogP contribution in [0.2, 0.25) is 45.3 Å². The van der Waals surface area contributed by atoms with Crippen molar-refractivity contribution in [1.82, 2.24) is 0 Å². The van der Waals surface area contributed by atoms with Gasteiger partial charge in [-0.05, 0) is 45.3 Å². The quantitative estimate of drug-likeness (QED) is 0.681. The average molecular weight is 236 g/mol. The van der Waals surface area contributed by atoms with Gasteiger partial charge in [-0.2, -0.15) is 0 Å². The highest BCUT2D eigenvalue weighted by Gasteiger charge is 2.28. The summed E-state index contributed by atoms with van der Waals surface area (Å²) in [6, 6.07) is 1.05. The van der Waals surface area contributed by atoms with Crippen LogP contribution in [0, 0.1) is 0 Å². The van der Waals surface area contributed by atoms with Gasteiger partial charge in [-0.3, -0.25) is 0 Å². The van der Waals surface area contributed by atoms with Crippen molar-refractivity contribution in [3.8, 4) is 0 Å². The molecule has 0 unspecified atom stereocenters. The summed E-state index contributed by atoms with van der Waals surface area (Å²) in [4.78, 5) is 0. The van der Waals surface area contributed by atoms with Gasteiger partial charge in [-0.1, -0.05) is 6.92 Å². The van der Waals surface area contributed by atoms with E-state index in [1.165, 1.54) is 0 Å². The van der Waals surface area contributed by atoms with Gasteiger partial charge in [0.2, 0.25) is 0 Å². The van der Waals surface area contributed by atoms with Crippen LogP contribution in [0.25, 0.3) is 0 Å². The van der Waals surface area contributed by atoms with Gasteiger partial charge in [0.25, 0.3) is 0 Å². The molecule has 0 bridgehead atoms. The summed E-state index contributed by atoms with van der Waals surface area (Å²) >= 11 is 0. The summed E-state index contributed by atoms with van der Waals surface area (Å²) in [5, 5.41) is 0. The lowest BCUT2D eigenvalue weighted by molar-refractivity contribution is 0.419. The first kappa shape index (κ1) is 13.6. The van der Waals surface area contributed by atoms with Gasteiger partial charge in [-0.25, -0.2) is 0 Å². The summed E-state index contributed by atoms with van der Waals surface area (Å²) < 4.78 is 12.0. The average Bonchev–Trinajstić information content (AvgIpc) is 1.79. The molecule has 0 saturated carbocycles. The summed E-state index contributed by atoms with van der Waals surface area (Å²) in [7, 11) is -3.77. The number of rotatable bonds is 5. The van der Waals surface area contributed by atoms with E-state index in [-0.39, 0.29) is 0 Å². The van der Waals surface area contributed by atoms with Crippen molar-refractivity contribution in [2.24, 2.45) is 0 Å². The first-order valence-electron chi connectivity index (χ1n) is 4.88. The predicted octanol–water partition coefficient (Wildman–Crippen LogP) is 3.20. The third kappa shape index (κ3) is 8.89. The van der Waals surface area contributed by atoms with Crippen LogP contribution < -0.4 is 0 Å². The molecule has 79 valence electrons. The van der Waals surface area contributed by atoms with E-state index in [9.17, 15) is 0 Å². The lowest BCUT2D eigenvalue weighted by Gasteiger charge is -2.28. The van der Waals surface area contributed by atoms with Crippen LogP contribution in [0.4, 0.5) is 0 Å². The predicted molar refractivity (Wildman–Crippen MR) is 65.1 cm³/mol. The van der Waals surface area contributed by atoms with E-state index in [2.05, 4.69) is 46.2 Å². The molecule has 0 atom stereocenters. The molecule has 0 rings (SSSR count). The summed E-state index contributed by atoms with van der Waals surface area (Å²) in [5.74, 6) is 0. The third-order valence-corrected chi connectivity index (χ3v) is 8.43. The van der Waals surface area contributed by atoms with Crippen molar-refractivity contribution in [2.75, 3.05) is 0 Å². The smallest absolute Gasteiger partial charge is 0.362 e. The maximum absolute atomic E-state index is 6.02. The van der Waals surface area contributed by atoms with Crippen molar-refractivity contribution in [3.63, 3.8) is 0 Å². The fourth-order valence-corrected chi connectivity index (χ4v) is 8.01. The van der Waals surface area contributed by atoms with Crippen LogP contribution >= 0.6 is 0 Å². The van der Waals surface area contributed by atoms with E-state index >= 15 is 0 Å². The first-order chi connectivity index (χ1) is 5.64. The molecule has 0 aromatic carbocycles. The maximum atomic E-state index is 6.02. The van der Waals surface area contributed by atoms with Gasteiger partial charge in [0.15, 0.2) is 16.6 Å². The topological polar surface area (TPSA) is 18.5 Å². The minimum absolute atomic E-state index is 0.975. The Kier molecular flexibility index (Phi) is 5.09. The van der Waals surface area contributed by atoms with Crippen molar-refractivity contribution in [2.45, 2.75) is 52.2 Å². The van der Waals surface area contributed by atoms with E-state index in [4.69, 9.17) is 8.23 Å². The fraction of sp³-hybridized carbons (Fsp3) is 1.00. The third-order valence-electron chi connectivity index (χ3n) is 1.13. The van der Waals surface area contributed by atoms with Gasteiger partial charge >= 0.3 is 9.28 Å². The van der Waals surface area contributed by atoms with Gasteiger partial charge in [-0.15, -0.1) is 0 Å². The van der Waals surface area contributed by atoms with Crippen molar-refractivity contribution in [3.05, 3.63) is 0 Å². The minimum atomic E-state index is -1.40. The Labute approximate surface area is 86.8 Å². The molecule has 0 amide bonds. The summed E-state index contributed by atoms with van der Waals surface area (Å²) in [5.41, 5.74) is 0. The van der Waals surface area contributed by atoms with E-state index < -0.39 is 25.9 Å². The summed E-state index contributed by atoms with van der Waals surface area (Å²) in [6.07, 6.45) is 0. The fourth-order valence-electron chi connectivity index (χ4n) is 0.848. The second-order valence-electron chi connectivity index (χ2n) is 5.15. The molecular weight excluding hydrogens is 212 g/mol. The number of hydrogen-bond acceptors (Lipinski definition) is 2. The molecule has 0 aromatic heterocycles. The van der Waals surface area contributed by atoms with Crippen molar-refractivity contribution < 1.29 is 8.23 Å². The largest absolute Gasteiger partial charge is 0.436 e. The zero-order valence-electron chi connectivity index (χ0n) is 10.0. The molecule has 0 aliphatic rings. The monoisotopic (exact) mass is 235 g/mol. The minimum Gasteiger partial charge on any atom is -0.436 e. The van der Waals surface area contributed by atoms with E-state index in [0.717, 1.165) is 6.04 Å². The lowest BCUT2D eigenvalue weighted by Crippen LogP contribution is -2.42. The van der Waals surface area contributed by atoms with Crippen LogP contribution in [0.5, 0.6) is 0 Å². The molecule has 13 heavy (non-hydrogen) atoms. The number of hydrogen-bond donors (Lipinski definition) is 0. The molecule has 0 N–H and O–H groups in total. The highest BCUT2D eigenvalue weighted by atomic mass is 28.4. The molecule has 0 heterocycles. The van der Waals surface area contributed by atoms with E-state index in [0.29, 0.717) is 0 Å². The van der Waals surface area contributed by atoms with Gasteiger partial charge < -0.3 is 8.23 Å². The highest BCUT2D eigenvalue weighted by Crippen LogP contribution is 2.13. The Balaban J connectivity index is 4.05. The Morgan fingerprint density at radius 3 is 1.31 bits per heavy atom. The molecule has 0 aliphatic heterocycles. The Morgan fingerprint density at radius 2 is 1.15 bits per heavy atom. The highest BCUT2D eigenvalue weighted by molar-refractivity contribution is 6.81. The van der Waals surface area contributed by atoms with Gasteiger partial charge in [0.05, 0.1) is 0 Å². The van der Waals surface area contributed by atoms with E-state index in [1.54, 1.807) is 0 Å². The SMILES string of the molecule is CC[Si](O[Si](C)(C)C)O[Si](C)(C)C. The molecule has 1 radical (unpaired) electrons. The summed E-state index contributed by atoms with van der Waals surface area (Å²) in [6.45, 7) is 15.5. The molecule has 2 nitrogen and oxygen atoms in total.